The molecule has 0 spiro atoms. The van der Waals surface area contributed by atoms with E-state index in [1.807, 2.05) is 0 Å². The van der Waals surface area contributed by atoms with Crippen molar-refractivity contribution < 1.29 is 5.11 Å². The highest BCUT2D eigenvalue weighted by atomic mass is 31.2. The number of allylic oxidation sites excluding steroid dienone is 2. The Balaban J connectivity index is 2.85. The third-order valence-electron chi connectivity index (χ3n) is 7.55. The summed E-state index contributed by atoms with van der Waals surface area (Å²) in [7, 11) is -2.42. The summed E-state index contributed by atoms with van der Waals surface area (Å²) in [6, 6.07) is 4.19. The average Bonchev–Trinajstić information content (AvgIpc) is 2.57. The van der Waals surface area contributed by atoms with Crippen LogP contribution in [-0.2, 0) is 18.7 Å². The lowest BCUT2D eigenvalue weighted by Crippen LogP contribution is -2.30. The summed E-state index contributed by atoms with van der Waals surface area (Å²) in [4.78, 5) is 0. The van der Waals surface area contributed by atoms with E-state index in [-0.39, 0.29) is 0 Å². The molecule has 0 radical (unpaired) electrons. The zero-order chi connectivity index (χ0) is 21.3. The highest BCUT2D eigenvalue weighted by molar-refractivity contribution is 7.92. The van der Waals surface area contributed by atoms with Crippen LogP contribution in [0.3, 0.4) is 0 Å². The normalized spacial score (nSPS) is 19.0. The second-order valence-electron chi connectivity index (χ2n) is 10.1. The van der Waals surface area contributed by atoms with Crippen molar-refractivity contribution in [2.75, 3.05) is 5.90 Å². The molecule has 0 saturated heterocycles. The van der Waals surface area contributed by atoms with Crippen molar-refractivity contribution in [1.82, 2.24) is 0 Å². The van der Waals surface area contributed by atoms with Gasteiger partial charge >= 0.3 is 0 Å². The van der Waals surface area contributed by atoms with Crippen molar-refractivity contribution in [3.05, 3.63) is 41.0 Å². The third-order valence-corrected chi connectivity index (χ3v) is 21.8. The summed E-state index contributed by atoms with van der Waals surface area (Å²) in [6.07, 6.45) is 7.90. The maximum atomic E-state index is 10.6. The molecule has 0 atom stereocenters. The number of hydrogen-bond donors (Lipinski definition) is 1. The van der Waals surface area contributed by atoms with Crippen LogP contribution in [0, 0.1) is 0 Å². The topological polar surface area (TPSA) is 20.2 Å². The van der Waals surface area contributed by atoms with Gasteiger partial charge in [-0.3, -0.25) is 0 Å². The molecule has 1 aliphatic rings. The zero-order valence-corrected chi connectivity index (χ0v) is 21.6. The van der Waals surface area contributed by atoms with Gasteiger partial charge in [0.05, 0.1) is 49.5 Å². The maximum absolute atomic E-state index is 10.6. The van der Waals surface area contributed by atoms with Crippen molar-refractivity contribution in [3.8, 4) is 5.75 Å². The van der Waals surface area contributed by atoms with E-state index in [1.165, 1.54) is 34.9 Å². The first-order valence-electron chi connectivity index (χ1n) is 11.2. The number of phenolic OH excluding ortho intramolecular Hbond substituents is 1. The maximum Gasteiger partial charge on any atom is 0.161 e. The number of hydrogen-bond acceptors (Lipinski definition) is 1. The second-order valence-corrected chi connectivity index (χ2v) is 20.4. The Labute approximate surface area is 176 Å². The van der Waals surface area contributed by atoms with E-state index >= 15 is 0 Å². The number of fused-ring (bicyclic) bond motifs is 2. The minimum absolute atomic E-state index is 0.479. The van der Waals surface area contributed by atoms with Crippen molar-refractivity contribution in [1.29, 1.82) is 0 Å². The van der Waals surface area contributed by atoms with Crippen LogP contribution >= 0.6 is 14.5 Å². The smallest absolute Gasteiger partial charge is 0.161 e. The molecule has 0 aliphatic carbocycles. The molecule has 0 aromatic heterocycles. The van der Waals surface area contributed by atoms with Gasteiger partial charge in [0, 0.05) is 0 Å². The predicted molar refractivity (Wildman–Crippen MR) is 133 cm³/mol. The quantitative estimate of drug-likeness (QED) is 0.362. The molecule has 2 bridgehead atoms. The molecule has 2 rings (SSSR count). The van der Waals surface area contributed by atoms with E-state index in [2.05, 4.69) is 86.6 Å². The lowest BCUT2D eigenvalue weighted by molar-refractivity contribution is 0.474. The van der Waals surface area contributed by atoms with Crippen molar-refractivity contribution >= 4 is 14.5 Å². The summed E-state index contributed by atoms with van der Waals surface area (Å²) in [5, 5.41) is 10.6. The highest BCUT2D eigenvalue weighted by Gasteiger charge is 2.59. The first-order chi connectivity index (χ1) is 13.0. The largest absolute Gasteiger partial charge is 0.508 e. The first-order valence-corrected chi connectivity index (χ1v) is 15.8. The summed E-state index contributed by atoms with van der Waals surface area (Å²) in [6.45, 7) is 22.0. The van der Waals surface area contributed by atoms with Crippen LogP contribution in [0.2, 0.25) is 0 Å². The van der Waals surface area contributed by atoms with Gasteiger partial charge in [0.25, 0.3) is 0 Å². The van der Waals surface area contributed by atoms with Gasteiger partial charge < -0.3 is 5.11 Å². The van der Waals surface area contributed by atoms with Gasteiger partial charge in [0.2, 0.25) is 0 Å². The fraction of sp³-hybridized carbons (Fsp3) is 0.680. The van der Waals surface area contributed by atoms with Gasteiger partial charge in [-0.25, -0.2) is 0 Å². The van der Waals surface area contributed by atoms with E-state index < -0.39 is 14.5 Å². The lowest BCUT2D eigenvalue weighted by atomic mass is 9.99. The number of rotatable bonds is 6. The molecule has 1 nitrogen and oxygen atoms in total. The predicted octanol–water partition coefficient (Wildman–Crippen LogP) is 8.15. The Bertz CT molecular complexity index is 635. The van der Waals surface area contributed by atoms with Gasteiger partial charge in [-0.1, -0.05) is 12.2 Å². The van der Waals surface area contributed by atoms with Crippen molar-refractivity contribution in [2.45, 2.75) is 104 Å². The van der Waals surface area contributed by atoms with E-state index in [4.69, 9.17) is 0 Å². The van der Waals surface area contributed by atoms with E-state index in [9.17, 15) is 5.11 Å². The molecule has 0 amide bonds. The Hall–Kier alpha value is -0.380. The van der Waals surface area contributed by atoms with E-state index in [0.717, 1.165) is 29.1 Å². The molecule has 0 unspecified atom stereocenters. The highest BCUT2D eigenvalue weighted by Crippen LogP contribution is 2.84. The molecular weight excluding hydrogens is 378 g/mol. The second kappa shape index (κ2) is 9.18. The fourth-order valence-corrected chi connectivity index (χ4v) is 21.0. The summed E-state index contributed by atoms with van der Waals surface area (Å²) in [5.41, 5.74) is 7.35. The van der Waals surface area contributed by atoms with Crippen LogP contribution in [-0.4, -0.2) is 33.6 Å². The monoisotopic (exact) mass is 422 g/mol. The van der Waals surface area contributed by atoms with Gasteiger partial charge in [0.1, 0.15) is 5.75 Å². The van der Waals surface area contributed by atoms with Crippen LogP contribution < -0.4 is 0 Å². The minimum Gasteiger partial charge on any atom is -0.508 e. The van der Waals surface area contributed by atoms with Crippen LogP contribution in [0.1, 0.15) is 79.0 Å². The molecule has 1 aliphatic heterocycles. The Morgan fingerprint density at radius 1 is 0.821 bits per heavy atom. The standard InChI is InChI=1S/C25H43OP2/c1-10-11-12-25-22-13-24(26)14-23(25)16-28(20(6)7,21(8)9)17-27(15-22,18(2)3)19(4)5/h10-11,13-14,18-21H,12,15-17H2,1-9H3/q+1/p+1. The molecular formula is C25H44OP2+2. The van der Waals surface area contributed by atoms with Crippen molar-refractivity contribution in [2.24, 2.45) is 0 Å². The third kappa shape index (κ3) is 4.37. The summed E-state index contributed by atoms with van der Waals surface area (Å²) >= 11 is 0. The zero-order valence-electron chi connectivity index (χ0n) is 19.8. The SMILES string of the molecule is CC=CCc1c2cc(O)cc1C[P+](C(C)C)(C(C)C)C[P+](C(C)C)(C(C)C)C2. The average molecular weight is 423 g/mol. The van der Waals surface area contributed by atoms with Crippen LogP contribution in [0.5, 0.6) is 5.75 Å². The van der Waals surface area contributed by atoms with E-state index in [1.54, 1.807) is 0 Å². The number of aromatic hydroxyl groups is 1. The van der Waals surface area contributed by atoms with Gasteiger partial charge in [-0.15, -0.1) is 0 Å². The Morgan fingerprint density at radius 2 is 1.21 bits per heavy atom. The van der Waals surface area contributed by atoms with Crippen molar-refractivity contribution in [3.63, 3.8) is 0 Å². The number of phenols is 1. The molecule has 1 aromatic rings. The summed E-state index contributed by atoms with van der Waals surface area (Å²) < 4.78 is 0. The lowest BCUT2D eigenvalue weighted by Gasteiger charge is -2.44. The fourth-order valence-electron chi connectivity index (χ4n) is 5.36. The van der Waals surface area contributed by atoms with Gasteiger partial charge in [-0.05, 0) is 97.6 Å². The minimum atomic E-state index is -1.21. The first kappa shape index (κ1) is 23.9. The molecule has 1 aromatic carbocycles. The van der Waals surface area contributed by atoms with Crippen LogP contribution in [0.15, 0.2) is 24.3 Å². The van der Waals surface area contributed by atoms with Crippen LogP contribution in [0.25, 0.3) is 0 Å². The van der Waals surface area contributed by atoms with Gasteiger partial charge in [0.15, 0.2) is 5.90 Å². The van der Waals surface area contributed by atoms with Crippen LogP contribution in [0.4, 0.5) is 0 Å². The molecule has 28 heavy (non-hydrogen) atoms. The molecule has 1 N–H and O–H groups in total. The number of benzene rings is 1. The Kier molecular flexibility index (Phi) is 7.84. The molecule has 0 saturated carbocycles. The van der Waals surface area contributed by atoms with Gasteiger partial charge in [-0.2, -0.15) is 0 Å². The summed E-state index contributed by atoms with van der Waals surface area (Å²) in [5.74, 6) is 1.96. The van der Waals surface area contributed by atoms with E-state index in [0.29, 0.717) is 5.75 Å². The molecule has 158 valence electrons. The molecule has 3 heteroatoms. The molecule has 1 heterocycles. The molecule has 0 fully saturated rings. The Morgan fingerprint density at radius 3 is 1.54 bits per heavy atom.